The fraction of sp³-hybridized carbons (Fsp3) is 0.300. The Morgan fingerprint density at radius 3 is 2.79 bits per heavy atom. The molecule has 1 aliphatic carbocycles. The first-order valence-electron chi connectivity index (χ1n) is 9.21. The van der Waals surface area contributed by atoms with E-state index in [0.717, 1.165) is 36.1 Å². The van der Waals surface area contributed by atoms with E-state index in [2.05, 4.69) is 15.8 Å². The average molecular weight is 434 g/mol. The molecule has 9 heteroatoms. The van der Waals surface area contributed by atoms with E-state index < -0.39 is 17.8 Å². The summed E-state index contributed by atoms with van der Waals surface area (Å²) in [6.07, 6.45) is 4.99. The number of hydrogen-bond acceptors (Lipinski definition) is 6. The summed E-state index contributed by atoms with van der Waals surface area (Å²) in [6.45, 7) is 1.95. The molecule has 0 saturated carbocycles. The molecule has 7 nitrogen and oxygen atoms in total. The van der Waals surface area contributed by atoms with Crippen LogP contribution in [0.4, 0.5) is 5.00 Å². The molecule has 2 N–H and O–H groups in total. The summed E-state index contributed by atoms with van der Waals surface area (Å²) in [6, 6.07) is 6.88. The number of nitrogens with zero attached hydrogens (tertiary/aromatic N) is 1. The predicted molar refractivity (Wildman–Crippen MR) is 113 cm³/mol. The number of hydrogen-bond donors (Lipinski definition) is 2. The van der Waals surface area contributed by atoms with Crippen molar-refractivity contribution in [1.82, 2.24) is 5.43 Å². The minimum atomic E-state index is -0.940. The van der Waals surface area contributed by atoms with Gasteiger partial charge in [-0.05, 0) is 55.9 Å². The van der Waals surface area contributed by atoms with Crippen LogP contribution in [-0.2, 0) is 27.2 Å². The smallest absolute Gasteiger partial charge is 0.341 e. The minimum Gasteiger partial charge on any atom is -0.462 e. The summed E-state index contributed by atoms with van der Waals surface area (Å²) >= 11 is 7.20. The van der Waals surface area contributed by atoms with Crippen molar-refractivity contribution in [2.45, 2.75) is 32.6 Å². The summed E-state index contributed by atoms with van der Waals surface area (Å²) < 4.78 is 5.14. The van der Waals surface area contributed by atoms with E-state index in [1.807, 2.05) is 0 Å². The normalized spacial score (nSPS) is 13.0. The zero-order chi connectivity index (χ0) is 20.8. The number of halogens is 1. The van der Waals surface area contributed by atoms with Crippen LogP contribution in [0.5, 0.6) is 0 Å². The number of carbonyl (C=O) groups excluding carboxylic acids is 3. The monoisotopic (exact) mass is 433 g/mol. The van der Waals surface area contributed by atoms with Gasteiger partial charge in [0, 0.05) is 9.90 Å². The van der Waals surface area contributed by atoms with Crippen molar-refractivity contribution < 1.29 is 19.1 Å². The Labute approximate surface area is 177 Å². The van der Waals surface area contributed by atoms with E-state index >= 15 is 0 Å². The molecule has 1 aromatic carbocycles. The molecular weight excluding hydrogens is 414 g/mol. The topological polar surface area (TPSA) is 96.9 Å². The van der Waals surface area contributed by atoms with Crippen molar-refractivity contribution in [3.63, 3.8) is 0 Å². The number of esters is 1. The highest BCUT2D eigenvalue weighted by molar-refractivity contribution is 7.17. The number of carbonyl (C=O) groups is 3. The molecular formula is C20H20ClN3O4S. The van der Waals surface area contributed by atoms with E-state index in [-0.39, 0.29) is 6.61 Å². The second kappa shape index (κ2) is 9.67. The Kier molecular flexibility index (Phi) is 7.00. The van der Waals surface area contributed by atoms with Gasteiger partial charge in [-0.1, -0.05) is 23.7 Å². The molecule has 0 atom stereocenters. The fourth-order valence-electron chi connectivity index (χ4n) is 3.04. The largest absolute Gasteiger partial charge is 0.462 e. The van der Waals surface area contributed by atoms with Crippen LogP contribution < -0.4 is 10.7 Å². The number of amides is 2. The molecule has 0 radical (unpaired) electrons. The molecule has 29 heavy (non-hydrogen) atoms. The zero-order valence-corrected chi connectivity index (χ0v) is 17.4. The van der Waals surface area contributed by atoms with E-state index in [1.165, 1.54) is 17.6 Å². The highest BCUT2D eigenvalue weighted by Crippen LogP contribution is 2.38. The Bertz CT molecular complexity index is 971. The molecule has 0 bridgehead atoms. The predicted octanol–water partition coefficient (Wildman–Crippen LogP) is 3.55. The van der Waals surface area contributed by atoms with Crippen LogP contribution in [0.25, 0.3) is 0 Å². The van der Waals surface area contributed by atoms with Crippen LogP contribution in [0, 0.1) is 0 Å². The maximum absolute atomic E-state index is 12.4. The third-order valence-corrected chi connectivity index (χ3v) is 5.75. The lowest BCUT2D eigenvalue weighted by atomic mass is 9.95. The van der Waals surface area contributed by atoms with Crippen LogP contribution in [0.15, 0.2) is 29.4 Å². The third-order valence-electron chi connectivity index (χ3n) is 4.31. The number of benzene rings is 1. The molecule has 0 unspecified atom stereocenters. The van der Waals surface area contributed by atoms with Gasteiger partial charge < -0.3 is 10.1 Å². The van der Waals surface area contributed by atoms with Gasteiger partial charge in [0.05, 0.1) is 18.4 Å². The fourth-order valence-corrected chi connectivity index (χ4v) is 4.51. The number of hydrazone groups is 1. The maximum Gasteiger partial charge on any atom is 0.341 e. The molecule has 0 fully saturated rings. The standard InChI is InChI=1S/C20H20ClN3O4S/c1-2-28-20(27)16-14-8-3-4-9-15(14)29-19(16)23-17(25)18(26)24-22-11-12-6-5-7-13(21)10-12/h5-7,10-11H,2-4,8-9H2,1H3,(H,23,25)(H,24,26)/b22-11+. The Balaban J connectivity index is 1.70. The van der Waals surface area contributed by atoms with Crippen LogP contribution >= 0.6 is 22.9 Å². The lowest BCUT2D eigenvalue weighted by Crippen LogP contribution is -2.32. The van der Waals surface area contributed by atoms with Crippen LogP contribution in [0.2, 0.25) is 5.02 Å². The molecule has 1 aromatic heterocycles. The van der Waals surface area contributed by atoms with Crippen molar-refractivity contribution in [3.8, 4) is 0 Å². The molecule has 0 spiro atoms. The lowest BCUT2D eigenvalue weighted by Gasteiger charge is -2.12. The summed E-state index contributed by atoms with van der Waals surface area (Å²) in [7, 11) is 0. The van der Waals surface area contributed by atoms with Gasteiger partial charge in [-0.2, -0.15) is 5.10 Å². The number of anilines is 1. The number of nitrogens with one attached hydrogen (secondary N) is 2. The van der Waals surface area contributed by atoms with Gasteiger partial charge in [-0.25, -0.2) is 10.2 Å². The first-order valence-corrected chi connectivity index (χ1v) is 10.4. The number of thiophene rings is 1. The van der Waals surface area contributed by atoms with E-state index in [9.17, 15) is 14.4 Å². The average Bonchev–Trinajstić information content (AvgIpc) is 3.06. The van der Waals surface area contributed by atoms with Gasteiger partial charge in [0.25, 0.3) is 0 Å². The second-order valence-corrected chi connectivity index (χ2v) is 7.89. The molecule has 2 aromatic rings. The molecule has 1 aliphatic rings. The molecule has 0 saturated heterocycles. The Morgan fingerprint density at radius 1 is 1.24 bits per heavy atom. The van der Waals surface area contributed by atoms with E-state index in [1.54, 1.807) is 31.2 Å². The molecule has 1 heterocycles. The number of ether oxygens (including phenoxy) is 1. The van der Waals surface area contributed by atoms with Gasteiger partial charge >= 0.3 is 17.8 Å². The lowest BCUT2D eigenvalue weighted by molar-refractivity contribution is -0.136. The molecule has 2 amide bonds. The third kappa shape index (κ3) is 5.21. The molecule has 0 aliphatic heterocycles. The van der Waals surface area contributed by atoms with Crippen molar-refractivity contribution in [1.29, 1.82) is 0 Å². The van der Waals surface area contributed by atoms with Crippen molar-refractivity contribution in [2.75, 3.05) is 11.9 Å². The zero-order valence-electron chi connectivity index (χ0n) is 15.8. The highest BCUT2D eigenvalue weighted by atomic mass is 35.5. The van der Waals surface area contributed by atoms with Crippen LogP contribution in [0.1, 0.15) is 46.1 Å². The summed E-state index contributed by atoms with van der Waals surface area (Å²) in [5.41, 5.74) is 4.11. The summed E-state index contributed by atoms with van der Waals surface area (Å²) in [5.74, 6) is -2.33. The maximum atomic E-state index is 12.4. The summed E-state index contributed by atoms with van der Waals surface area (Å²) in [4.78, 5) is 37.8. The van der Waals surface area contributed by atoms with Crippen LogP contribution in [0.3, 0.4) is 0 Å². The summed E-state index contributed by atoms with van der Waals surface area (Å²) in [5, 5.41) is 7.18. The first-order chi connectivity index (χ1) is 14.0. The van der Waals surface area contributed by atoms with E-state index in [0.29, 0.717) is 21.2 Å². The van der Waals surface area contributed by atoms with Crippen molar-refractivity contribution >= 4 is 51.9 Å². The Hall–Kier alpha value is -2.71. The van der Waals surface area contributed by atoms with Crippen molar-refractivity contribution in [2.24, 2.45) is 5.10 Å². The molecule has 152 valence electrons. The number of aryl methyl sites for hydroxylation is 1. The van der Waals surface area contributed by atoms with Gasteiger partial charge in [0.15, 0.2) is 0 Å². The van der Waals surface area contributed by atoms with Crippen LogP contribution in [-0.4, -0.2) is 30.6 Å². The van der Waals surface area contributed by atoms with Gasteiger partial charge in [0.1, 0.15) is 5.00 Å². The molecule has 3 rings (SSSR count). The van der Waals surface area contributed by atoms with Crippen molar-refractivity contribution in [3.05, 3.63) is 50.9 Å². The Morgan fingerprint density at radius 2 is 2.03 bits per heavy atom. The van der Waals surface area contributed by atoms with E-state index in [4.69, 9.17) is 16.3 Å². The minimum absolute atomic E-state index is 0.232. The van der Waals surface area contributed by atoms with Gasteiger partial charge in [0.2, 0.25) is 0 Å². The highest BCUT2D eigenvalue weighted by Gasteiger charge is 2.28. The number of rotatable bonds is 5. The number of fused-ring (bicyclic) bond motifs is 1. The second-order valence-electron chi connectivity index (χ2n) is 6.34. The van der Waals surface area contributed by atoms with Gasteiger partial charge in [-0.3, -0.25) is 9.59 Å². The quantitative estimate of drug-likeness (QED) is 0.326. The first kappa shape index (κ1) is 21.0. The van der Waals surface area contributed by atoms with Gasteiger partial charge in [-0.15, -0.1) is 11.3 Å². The SMILES string of the molecule is CCOC(=O)c1c(NC(=O)C(=O)N/N=C/c2cccc(Cl)c2)sc2c1CCCC2.